The molecule has 1 aromatic carbocycles. The molecule has 4 nitrogen and oxygen atoms in total. The van der Waals surface area contributed by atoms with Crippen molar-refractivity contribution in [2.75, 3.05) is 0 Å². The molecule has 18 heavy (non-hydrogen) atoms. The van der Waals surface area contributed by atoms with E-state index in [4.69, 9.17) is 0 Å². The van der Waals surface area contributed by atoms with Gasteiger partial charge in [0.25, 0.3) is 0 Å². The van der Waals surface area contributed by atoms with Crippen LogP contribution in [0.4, 0.5) is 0 Å². The van der Waals surface area contributed by atoms with Gasteiger partial charge in [-0.05, 0) is 29.7 Å². The van der Waals surface area contributed by atoms with Gasteiger partial charge in [0.1, 0.15) is 4.21 Å². The Bertz CT molecular complexity index is 724. The third-order valence-corrected chi connectivity index (χ3v) is 5.86. The molecule has 3 rings (SSSR count). The van der Waals surface area contributed by atoms with Crippen LogP contribution in [0.15, 0.2) is 57.9 Å². The van der Waals surface area contributed by atoms with Gasteiger partial charge in [0.05, 0.1) is 0 Å². The number of hydrogen-bond acceptors (Lipinski definition) is 5. The Morgan fingerprint density at radius 2 is 2.00 bits per heavy atom. The van der Waals surface area contributed by atoms with Crippen molar-refractivity contribution in [1.82, 2.24) is 10.9 Å². The second-order valence-corrected chi connectivity index (χ2v) is 6.99. The van der Waals surface area contributed by atoms with Crippen molar-refractivity contribution in [3.63, 3.8) is 0 Å². The maximum atomic E-state index is 12.4. The van der Waals surface area contributed by atoms with Gasteiger partial charge in [-0.25, -0.2) is 8.42 Å². The highest BCUT2D eigenvalue weighted by Gasteiger charge is 2.23. The molecule has 0 spiro atoms. The monoisotopic (exact) mass is 278 g/mol. The van der Waals surface area contributed by atoms with E-state index in [9.17, 15) is 8.42 Å². The highest BCUT2D eigenvalue weighted by atomic mass is 32.2. The van der Waals surface area contributed by atoms with Crippen LogP contribution in [-0.4, -0.2) is 8.42 Å². The number of hydrazine groups is 1. The molecular weight excluding hydrogens is 268 g/mol. The first kappa shape index (κ1) is 11.3. The average Bonchev–Trinajstić information content (AvgIpc) is 2.84. The van der Waals surface area contributed by atoms with Gasteiger partial charge in [0.2, 0.25) is 9.84 Å². The summed E-state index contributed by atoms with van der Waals surface area (Å²) in [4.78, 5) is 0. The molecule has 0 atom stereocenters. The summed E-state index contributed by atoms with van der Waals surface area (Å²) < 4.78 is 26.0. The maximum Gasteiger partial charge on any atom is 0.232 e. The van der Waals surface area contributed by atoms with Crippen molar-refractivity contribution in [2.24, 2.45) is 0 Å². The highest BCUT2D eigenvalue weighted by molar-refractivity contribution is 7.97. The van der Waals surface area contributed by atoms with E-state index in [1.807, 2.05) is 24.3 Å². The molecule has 0 unspecified atom stereocenters. The van der Waals surface area contributed by atoms with Gasteiger partial charge in [-0.15, -0.1) is 11.3 Å². The number of hydrogen-bond donors (Lipinski definition) is 2. The lowest BCUT2D eigenvalue weighted by atomic mass is 10.3. The molecule has 0 fully saturated rings. The van der Waals surface area contributed by atoms with Crippen LogP contribution in [0.2, 0.25) is 0 Å². The van der Waals surface area contributed by atoms with Crippen LogP contribution in [0.3, 0.4) is 0 Å². The van der Waals surface area contributed by atoms with Crippen molar-refractivity contribution in [3.05, 3.63) is 53.7 Å². The predicted molar refractivity (Wildman–Crippen MR) is 72.5 cm³/mol. The average molecular weight is 278 g/mol. The SMILES string of the molecule is O=S(=O)(C1=CC=CNN1)c1cc2ccccc2s1. The van der Waals surface area contributed by atoms with Crippen molar-refractivity contribution in [1.29, 1.82) is 0 Å². The van der Waals surface area contributed by atoms with Gasteiger partial charge in [0, 0.05) is 10.9 Å². The molecule has 1 aliphatic rings. The van der Waals surface area contributed by atoms with E-state index in [0.29, 0.717) is 4.21 Å². The Morgan fingerprint density at radius 3 is 2.72 bits per heavy atom. The Morgan fingerprint density at radius 1 is 1.17 bits per heavy atom. The molecule has 0 saturated heterocycles. The Kier molecular flexibility index (Phi) is 2.61. The fourth-order valence-corrected chi connectivity index (χ4v) is 4.41. The standard InChI is InChI=1S/C12H10N2O2S2/c15-18(16,11-6-3-7-13-14-11)12-8-9-4-1-2-5-10(9)17-12/h1-8,13-14H. The number of sulfone groups is 1. The molecule has 0 aliphatic carbocycles. The van der Waals surface area contributed by atoms with E-state index in [1.54, 1.807) is 18.3 Å². The first-order valence-electron chi connectivity index (χ1n) is 5.30. The quantitative estimate of drug-likeness (QED) is 0.883. The van der Waals surface area contributed by atoms with E-state index in [1.165, 1.54) is 17.4 Å². The van der Waals surface area contributed by atoms with Crippen molar-refractivity contribution in [2.45, 2.75) is 4.21 Å². The number of nitrogens with one attached hydrogen (secondary N) is 2. The molecule has 1 aliphatic heterocycles. The van der Waals surface area contributed by atoms with Crippen molar-refractivity contribution >= 4 is 31.3 Å². The summed E-state index contributed by atoms with van der Waals surface area (Å²) in [5.74, 6) is 0. The highest BCUT2D eigenvalue weighted by Crippen LogP contribution is 2.31. The van der Waals surface area contributed by atoms with Gasteiger partial charge >= 0.3 is 0 Å². The number of benzene rings is 1. The summed E-state index contributed by atoms with van der Waals surface area (Å²) in [6, 6.07) is 9.33. The summed E-state index contributed by atoms with van der Waals surface area (Å²) in [5.41, 5.74) is 5.32. The second kappa shape index (κ2) is 4.15. The molecule has 6 heteroatoms. The predicted octanol–water partition coefficient (Wildman–Crippen LogP) is 2.14. The van der Waals surface area contributed by atoms with E-state index in [0.717, 1.165) is 10.1 Å². The zero-order valence-corrected chi connectivity index (χ0v) is 10.9. The van der Waals surface area contributed by atoms with Crippen LogP contribution in [0.1, 0.15) is 0 Å². The van der Waals surface area contributed by atoms with Crippen molar-refractivity contribution in [3.8, 4) is 0 Å². The zero-order chi connectivity index (χ0) is 12.6. The first-order valence-corrected chi connectivity index (χ1v) is 7.60. The van der Waals surface area contributed by atoms with Crippen LogP contribution < -0.4 is 10.9 Å². The molecule has 0 radical (unpaired) electrons. The van der Waals surface area contributed by atoms with Gasteiger partial charge < -0.3 is 5.43 Å². The van der Waals surface area contributed by atoms with Crippen LogP contribution in [-0.2, 0) is 9.84 Å². The van der Waals surface area contributed by atoms with Crippen LogP contribution in [0.5, 0.6) is 0 Å². The molecule has 2 heterocycles. The molecule has 1 aromatic heterocycles. The lowest BCUT2D eigenvalue weighted by molar-refractivity contribution is 0.595. The van der Waals surface area contributed by atoms with Gasteiger partial charge in [-0.3, -0.25) is 5.43 Å². The van der Waals surface area contributed by atoms with E-state index >= 15 is 0 Å². The molecule has 92 valence electrons. The lowest BCUT2D eigenvalue weighted by Gasteiger charge is -2.12. The maximum absolute atomic E-state index is 12.4. The number of allylic oxidation sites excluding steroid dienone is 2. The van der Waals surface area contributed by atoms with Crippen molar-refractivity contribution < 1.29 is 8.42 Å². The van der Waals surface area contributed by atoms with E-state index in [-0.39, 0.29) is 5.03 Å². The Labute approximate surface area is 109 Å². The second-order valence-electron chi connectivity index (χ2n) is 3.77. The largest absolute Gasteiger partial charge is 0.308 e. The summed E-state index contributed by atoms with van der Waals surface area (Å²) in [6.07, 6.45) is 4.82. The summed E-state index contributed by atoms with van der Waals surface area (Å²) in [5, 5.41) is 1.11. The van der Waals surface area contributed by atoms with E-state index in [2.05, 4.69) is 10.9 Å². The molecule has 2 N–H and O–H groups in total. The Hall–Kier alpha value is -1.79. The number of thiophene rings is 1. The smallest absolute Gasteiger partial charge is 0.232 e. The topological polar surface area (TPSA) is 58.2 Å². The normalized spacial score (nSPS) is 15.0. The lowest BCUT2D eigenvalue weighted by Crippen LogP contribution is -2.31. The zero-order valence-electron chi connectivity index (χ0n) is 9.25. The molecule has 2 aromatic rings. The summed E-state index contributed by atoms with van der Waals surface area (Å²) >= 11 is 1.28. The van der Waals surface area contributed by atoms with E-state index < -0.39 is 9.84 Å². The van der Waals surface area contributed by atoms with Crippen LogP contribution in [0.25, 0.3) is 10.1 Å². The van der Waals surface area contributed by atoms with Gasteiger partial charge in [-0.2, -0.15) is 0 Å². The minimum absolute atomic E-state index is 0.163. The fourth-order valence-electron chi connectivity index (χ4n) is 1.69. The fraction of sp³-hybridized carbons (Fsp3) is 0. The third kappa shape index (κ3) is 1.79. The summed E-state index contributed by atoms with van der Waals surface area (Å²) in [7, 11) is -3.47. The first-order chi connectivity index (χ1) is 8.68. The van der Waals surface area contributed by atoms with Crippen LogP contribution >= 0.6 is 11.3 Å². The third-order valence-electron chi connectivity index (χ3n) is 2.58. The molecule has 0 saturated carbocycles. The minimum Gasteiger partial charge on any atom is -0.308 e. The minimum atomic E-state index is -3.47. The van der Waals surface area contributed by atoms with Crippen LogP contribution in [0, 0.1) is 0 Å². The van der Waals surface area contributed by atoms with Gasteiger partial charge in [0.15, 0.2) is 5.03 Å². The molecular formula is C12H10N2O2S2. The van der Waals surface area contributed by atoms with Gasteiger partial charge in [-0.1, -0.05) is 18.2 Å². The number of rotatable bonds is 2. The number of fused-ring (bicyclic) bond motifs is 1. The Balaban J connectivity index is 2.13. The summed E-state index contributed by atoms with van der Waals surface area (Å²) in [6.45, 7) is 0. The molecule has 0 amide bonds. The molecule has 0 bridgehead atoms.